The summed E-state index contributed by atoms with van der Waals surface area (Å²) in [4.78, 5) is 15.6. The molecule has 66 heavy (non-hydrogen) atoms. The Balaban J connectivity index is 0.00000324. The minimum Gasteiger partial charge on any atom is -2.00 e. The van der Waals surface area contributed by atoms with Crippen molar-refractivity contribution in [2.75, 3.05) is 0 Å². The molecule has 0 aliphatic carbocycles. The van der Waals surface area contributed by atoms with E-state index in [1.165, 1.54) is 97.1 Å². The van der Waals surface area contributed by atoms with Gasteiger partial charge in [0.2, 0.25) is 0 Å². The van der Waals surface area contributed by atoms with Crippen molar-refractivity contribution in [1.29, 1.82) is 0 Å². The molecule has 22 heteroatoms. The quantitative estimate of drug-likeness (QED) is 0.0782. The molecule has 0 saturated carbocycles. The molecule has 17 nitrogen and oxygen atoms in total. The van der Waals surface area contributed by atoms with Crippen LogP contribution in [0.3, 0.4) is 0 Å². The van der Waals surface area contributed by atoms with E-state index >= 15 is 0 Å². The molecule has 3 aromatic heterocycles. The average molecular weight is 1000 g/mol. The molecule has 1 radical (unpaired) electrons. The third kappa shape index (κ3) is 9.23. The second kappa shape index (κ2) is 17.5. The van der Waals surface area contributed by atoms with Gasteiger partial charge in [0.05, 0.1) is 42.4 Å². The van der Waals surface area contributed by atoms with Crippen LogP contribution in [0, 0.1) is 0 Å². The fourth-order valence-electron chi connectivity index (χ4n) is 7.59. The van der Waals surface area contributed by atoms with E-state index in [1.54, 1.807) is 48.6 Å². The number of rotatable bonds is 8. The van der Waals surface area contributed by atoms with E-state index in [-0.39, 0.29) is 43.6 Å². The molecule has 7 aromatic rings. The van der Waals surface area contributed by atoms with Crippen LogP contribution in [-0.2, 0) is 64.5 Å². The van der Waals surface area contributed by atoms with Crippen LogP contribution in [0.2, 0.25) is 0 Å². The summed E-state index contributed by atoms with van der Waals surface area (Å²) in [6.45, 7) is 0. The van der Waals surface area contributed by atoms with Gasteiger partial charge in [-0.05, 0) is 119 Å². The van der Waals surface area contributed by atoms with Gasteiger partial charge in [-0.25, -0.2) is 9.97 Å². The van der Waals surface area contributed by atoms with Crippen LogP contribution in [-0.4, -0.2) is 71.8 Å². The number of H-pyrrole nitrogens is 2. The van der Waals surface area contributed by atoms with Crippen LogP contribution in [0.25, 0.3) is 90.9 Å². The first-order valence-electron chi connectivity index (χ1n) is 18.7. The number of nitrogens with zero attached hydrogens (tertiary/aromatic N) is 2. The Bertz CT molecular complexity index is 3310. The summed E-state index contributed by atoms with van der Waals surface area (Å²) in [7, 11) is -18.2. The minimum absolute atomic E-state index is 0. The van der Waals surface area contributed by atoms with E-state index in [0.29, 0.717) is 89.4 Å². The summed E-state index contributed by atoms with van der Waals surface area (Å²) in [5.41, 5.74) is 7.41. The topological polar surface area (TPSA) is 303 Å². The second-order valence-electron chi connectivity index (χ2n) is 14.5. The fraction of sp³-hybridized carbons (Fsp3) is 0. The van der Waals surface area contributed by atoms with Gasteiger partial charge in [-0.2, -0.15) is 33.7 Å². The molecule has 0 unspecified atom stereocenters. The zero-order valence-corrected chi connectivity index (χ0v) is 38.0. The van der Waals surface area contributed by atoms with E-state index in [0.717, 1.165) is 0 Å². The van der Waals surface area contributed by atoms with E-state index in [1.807, 2.05) is 0 Å². The summed E-state index contributed by atoms with van der Waals surface area (Å²) in [5.74, 6) is 0. The van der Waals surface area contributed by atoms with Crippen LogP contribution in [0.4, 0.5) is 0 Å². The van der Waals surface area contributed by atoms with Gasteiger partial charge in [0.1, 0.15) is 0 Å². The number of hydrogen-bond donors (Lipinski definition) is 6. The van der Waals surface area contributed by atoms with Crippen LogP contribution < -0.4 is 0 Å². The van der Waals surface area contributed by atoms with E-state index < -0.39 is 40.5 Å². The van der Waals surface area contributed by atoms with Crippen molar-refractivity contribution in [1.82, 2.24) is 19.9 Å². The van der Waals surface area contributed by atoms with E-state index in [2.05, 4.69) is 9.97 Å². The number of benzene rings is 4. The second-order valence-corrected chi connectivity index (χ2v) is 20.2. The summed E-state index contributed by atoms with van der Waals surface area (Å²) in [6, 6.07) is 29.0. The number of nitrogens with one attached hydrogen (secondary N) is 2. The summed E-state index contributed by atoms with van der Waals surface area (Å²) < 4.78 is 135. The zero-order valence-electron chi connectivity index (χ0n) is 33.3. The summed E-state index contributed by atoms with van der Waals surface area (Å²) >= 11 is 0. The Hall–Kier alpha value is -6.34. The summed E-state index contributed by atoms with van der Waals surface area (Å²) in [5, 5.41) is 0. The van der Waals surface area contributed by atoms with Crippen LogP contribution in [0.5, 0.6) is 0 Å². The first-order valence-corrected chi connectivity index (χ1v) is 24.5. The Morgan fingerprint density at radius 2 is 0.500 bits per heavy atom. The Morgan fingerprint density at radius 1 is 0.318 bits per heavy atom. The maximum atomic E-state index is 12.0. The smallest absolute Gasteiger partial charge is 2.00 e. The molecule has 4 aromatic carbocycles. The molecule has 5 heterocycles. The fourth-order valence-corrected chi connectivity index (χ4v) is 9.51. The SMILES string of the molecule is O=S(=O)(O)c1ccc(-c2c3nc(c(-c4ccc(S(=O)(=O)O)cc4)c4ccc([nH]4)c(-c4ccc(S(=O)(=O)O)cc4)c4nc(c(-c5ccc(S(=O)(=O)O)cc5)c5ccc2[nH]5)C=C4)C=C3)cc1.[O-2].[V+4]. The molecule has 9 rings (SSSR count). The minimum atomic E-state index is -4.55. The van der Waals surface area contributed by atoms with Crippen molar-refractivity contribution >= 4 is 86.8 Å². The van der Waals surface area contributed by atoms with Crippen molar-refractivity contribution in [3.63, 3.8) is 0 Å². The molecular formula is C44H30N4O13S4V+2. The van der Waals surface area contributed by atoms with Crippen molar-refractivity contribution in [3.05, 3.63) is 144 Å². The van der Waals surface area contributed by atoms with Gasteiger partial charge in [0, 0.05) is 44.3 Å². The number of aromatic amines is 2. The monoisotopic (exact) mass is 1000 g/mol. The number of hydrogen-bond acceptors (Lipinski definition) is 10. The third-order valence-corrected chi connectivity index (χ3v) is 14.0. The molecule has 0 atom stereocenters. The Labute approximate surface area is 388 Å². The molecule has 0 amide bonds. The van der Waals surface area contributed by atoms with Crippen LogP contribution in [0.1, 0.15) is 22.8 Å². The summed E-state index contributed by atoms with van der Waals surface area (Å²) in [6.07, 6.45) is 6.92. The van der Waals surface area contributed by atoms with Gasteiger partial charge in [0.25, 0.3) is 40.5 Å². The first-order chi connectivity index (χ1) is 30.2. The molecule has 0 spiro atoms. The van der Waals surface area contributed by atoms with E-state index in [9.17, 15) is 51.9 Å². The van der Waals surface area contributed by atoms with Crippen molar-refractivity contribution < 1.29 is 75.9 Å². The van der Waals surface area contributed by atoms with Crippen molar-refractivity contribution in [2.24, 2.45) is 0 Å². The average Bonchev–Trinajstić information content (AvgIpc) is 4.08. The maximum Gasteiger partial charge on any atom is 4.00 e. The van der Waals surface area contributed by atoms with Gasteiger partial charge in [-0.15, -0.1) is 0 Å². The van der Waals surface area contributed by atoms with Crippen molar-refractivity contribution in [2.45, 2.75) is 19.6 Å². The molecule has 331 valence electrons. The number of fused-ring (bicyclic) bond motifs is 8. The largest absolute Gasteiger partial charge is 4.00 e. The molecule has 0 saturated heterocycles. The van der Waals surface area contributed by atoms with Gasteiger partial charge < -0.3 is 15.4 Å². The molecule has 8 bridgehead atoms. The van der Waals surface area contributed by atoms with Gasteiger partial charge in [-0.1, -0.05) is 48.5 Å². The normalized spacial score (nSPS) is 12.7. The predicted octanol–water partition coefficient (Wildman–Crippen LogP) is 8.19. The van der Waals surface area contributed by atoms with Crippen LogP contribution in [0.15, 0.2) is 141 Å². The van der Waals surface area contributed by atoms with Gasteiger partial charge >= 0.3 is 18.6 Å². The maximum absolute atomic E-state index is 12.0. The molecule has 0 fully saturated rings. The number of aromatic nitrogens is 4. The molecular weight excluding hydrogens is 972 g/mol. The standard InChI is InChI=1S/C44H30N4O12S4.O.V/c49-61(50,51)29-9-1-25(2-10-29)41-33-17-19-35(45-33)42(26-3-11-30(12-4-26)62(52,53)54)37-21-23-39(47-37)44(28-7-15-32(16-8-28)64(58,59)60)40-24-22-38(48-40)43(36-20-18-34(41)46-36)27-5-13-31(14-6-27)63(55,56)57;;/h1-24,45,48H,(H,49,50,51)(H,52,53,54)(H,55,56,57)(H,58,59,60);;/q;-2;+4. The van der Waals surface area contributed by atoms with Gasteiger partial charge in [-0.3, -0.25) is 18.2 Å². The Morgan fingerprint density at radius 3 is 0.667 bits per heavy atom. The third-order valence-electron chi connectivity index (χ3n) is 10.5. The predicted molar refractivity (Wildman–Crippen MR) is 241 cm³/mol. The van der Waals surface area contributed by atoms with E-state index in [4.69, 9.17) is 9.97 Å². The molecule has 2 aliphatic heterocycles. The van der Waals surface area contributed by atoms with Crippen LogP contribution >= 0.6 is 0 Å². The zero-order chi connectivity index (χ0) is 45.3. The molecule has 6 N–H and O–H groups in total. The van der Waals surface area contributed by atoms with Gasteiger partial charge in [0.15, 0.2) is 0 Å². The Kier molecular flexibility index (Phi) is 12.6. The first kappa shape index (κ1) is 47.6. The molecule has 2 aliphatic rings. The van der Waals surface area contributed by atoms with Crippen molar-refractivity contribution in [3.8, 4) is 44.5 Å².